The molecule has 0 unspecified atom stereocenters. The molecule has 1 fully saturated rings. The maximum atomic E-state index is 13.4. The van der Waals surface area contributed by atoms with Crippen molar-refractivity contribution < 1.29 is 9.59 Å². The van der Waals surface area contributed by atoms with Crippen molar-refractivity contribution >= 4 is 62.5 Å². The monoisotopic (exact) mass is 537 g/mol. The van der Waals surface area contributed by atoms with Crippen molar-refractivity contribution in [3.8, 4) is 6.07 Å². The molecule has 4 rings (SSSR count). The van der Waals surface area contributed by atoms with E-state index in [2.05, 4.69) is 21.2 Å². The standard InChI is InChI=1S/C25H17BrClN3O2S/c26-17-12-10-16(11-13-17)14-22-24(32)30(18-6-2-1-3-7-18)25(33-22)19(15-28)23(31)29-21-9-5-4-8-20(21)27/h1-13,22H,14H2,(H,29,31)/b25-19-/t22-/m1/s1. The molecular weight excluding hydrogens is 522 g/mol. The molecule has 2 amide bonds. The van der Waals surface area contributed by atoms with Crippen LogP contribution in [0, 0.1) is 11.3 Å². The zero-order chi connectivity index (χ0) is 23.4. The topological polar surface area (TPSA) is 73.2 Å². The van der Waals surface area contributed by atoms with Gasteiger partial charge in [0, 0.05) is 10.2 Å². The highest BCUT2D eigenvalue weighted by atomic mass is 79.9. The Morgan fingerprint density at radius 3 is 2.39 bits per heavy atom. The summed E-state index contributed by atoms with van der Waals surface area (Å²) < 4.78 is 0.950. The van der Waals surface area contributed by atoms with Crippen molar-refractivity contribution in [3.05, 3.63) is 105 Å². The molecule has 1 aliphatic rings. The minimum atomic E-state index is -0.619. The highest BCUT2D eigenvalue weighted by Gasteiger charge is 2.40. The number of hydrogen-bond donors (Lipinski definition) is 1. The van der Waals surface area contributed by atoms with E-state index in [-0.39, 0.29) is 11.5 Å². The number of para-hydroxylation sites is 2. The Kier molecular flexibility index (Phi) is 7.19. The summed E-state index contributed by atoms with van der Waals surface area (Å²) >= 11 is 10.8. The summed E-state index contributed by atoms with van der Waals surface area (Å²) in [4.78, 5) is 28.0. The summed E-state index contributed by atoms with van der Waals surface area (Å²) in [5.41, 5.74) is 1.83. The van der Waals surface area contributed by atoms with Crippen LogP contribution in [0.1, 0.15) is 5.56 Å². The van der Waals surface area contributed by atoms with E-state index >= 15 is 0 Å². The average Bonchev–Trinajstić information content (AvgIpc) is 3.13. The lowest BCUT2D eigenvalue weighted by atomic mass is 10.1. The Morgan fingerprint density at radius 1 is 1.06 bits per heavy atom. The summed E-state index contributed by atoms with van der Waals surface area (Å²) in [6.45, 7) is 0. The van der Waals surface area contributed by atoms with Crippen molar-refractivity contribution in [2.45, 2.75) is 11.7 Å². The van der Waals surface area contributed by atoms with Gasteiger partial charge in [0.25, 0.3) is 5.91 Å². The molecule has 164 valence electrons. The van der Waals surface area contributed by atoms with Crippen LogP contribution in [-0.4, -0.2) is 17.1 Å². The Balaban J connectivity index is 1.72. The lowest BCUT2D eigenvalue weighted by Crippen LogP contribution is -2.30. The van der Waals surface area contributed by atoms with Gasteiger partial charge in [-0.05, 0) is 48.4 Å². The van der Waals surface area contributed by atoms with E-state index in [1.54, 1.807) is 36.4 Å². The van der Waals surface area contributed by atoms with Gasteiger partial charge in [-0.1, -0.05) is 81.8 Å². The largest absolute Gasteiger partial charge is 0.320 e. The summed E-state index contributed by atoms with van der Waals surface area (Å²) in [5.74, 6) is -0.798. The minimum absolute atomic E-state index is 0.143. The van der Waals surface area contributed by atoms with E-state index in [0.29, 0.717) is 27.8 Å². The molecule has 1 N–H and O–H groups in total. The second-order valence-corrected chi connectivity index (χ2v) is 9.69. The number of rotatable bonds is 5. The quantitative estimate of drug-likeness (QED) is 0.312. The Bertz CT molecular complexity index is 1270. The highest BCUT2D eigenvalue weighted by molar-refractivity contribution is 9.10. The van der Waals surface area contributed by atoms with Crippen LogP contribution in [-0.2, 0) is 16.0 Å². The fourth-order valence-corrected chi connectivity index (χ4v) is 5.14. The zero-order valence-electron chi connectivity index (χ0n) is 17.2. The number of carbonyl (C=O) groups is 2. The Hall–Kier alpha value is -3.05. The van der Waals surface area contributed by atoms with E-state index in [9.17, 15) is 14.9 Å². The van der Waals surface area contributed by atoms with Gasteiger partial charge < -0.3 is 5.32 Å². The average molecular weight is 539 g/mol. The van der Waals surface area contributed by atoms with Crippen LogP contribution in [0.15, 0.2) is 93.9 Å². The molecular formula is C25H17BrClN3O2S. The SMILES string of the molecule is N#C/C(C(=O)Nc1ccccc1Cl)=C1/S[C@H](Cc2ccc(Br)cc2)C(=O)N1c1ccccc1. The van der Waals surface area contributed by atoms with Gasteiger partial charge in [-0.25, -0.2) is 0 Å². The van der Waals surface area contributed by atoms with E-state index in [0.717, 1.165) is 10.0 Å². The first-order valence-electron chi connectivity index (χ1n) is 9.98. The minimum Gasteiger partial charge on any atom is -0.320 e. The normalized spacial score (nSPS) is 16.9. The molecule has 0 radical (unpaired) electrons. The maximum absolute atomic E-state index is 13.4. The van der Waals surface area contributed by atoms with Crippen LogP contribution >= 0.6 is 39.3 Å². The number of carbonyl (C=O) groups excluding carboxylic acids is 2. The van der Waals surface area contributed by atoms with E-state index < -0.39 is 11.2 Å². The lowest BCUT2D eigenvalue weighted by Gasteiger charge is -2.18. The number of benzene rings is 3. The third kappa shape index (κ3) is 5.14. The number of nitrogens with zero attached hydrogens (tertiary/aromatic N) is 2. The number of nitriles is 1. The van der Waals surface area contributed by atoms with Gasteiger partial charge in [0.2, 0.25) is 5.91 Å². The molecule has 0 aromatic heterocycles. The van der Waals surface area contributed by atoms with E-state index in [1.165, 1.54) is 16.7 Å². The Morgan fingerprint density at radius 2 is 1.73 bits per heavy atom. The molecule has 3 aromatic carbocycles. The van der Waals surface area contributed by atoms with Crippen LogP contribution < -0.4 is 10.2 Å². The van der Waals surface area contributed by atoms with Crippen LogP contribution in [0.25, 0.3) is 0 Å². The van der Waals surface area contributed by atoms with E-state index in [1.807, 2.05) is 48.5 Å². The molecule has 8 heteroatoms. The van der Waals surface area contributed by atoms with Crippen molar-refractivity contribution in [1.29, 1.82) is 5.26 Å². The van der Waals surface area contributed by atoms with Crippen molar-refractivity contribution in [1.82, 2.24) is 0 Å². The second-order valence-electron chi connectivity index (χ2n) is 7.17. The summed E-state index contributed by atoms with van der Waals surface area (Å²) in [6.07, 6.45) is 0.467. The molecule has 1 aliphatic heterocycles. The first-order chi connectivity index (χ1) is 16.0. The predicted molar refractivity (Wildman–Crippen MR) is 136 cm³/mol. The first kappa shape index (κ1) is 23.1. The fourth-order valence-electron chi connectivity index (χ4n) is 3.38. The summed E-state index contributed by atoms with van der Waals surface area (Å²) in [6, 6.07) is 25.5. The molecule has 33 heavy (non-hydrogen) atoms. The zero-order valence-corrected chi connectivity index (χ0v) is 20.3. The lowest BCUT2D eigenvalue weighted by molar-refractivity contribution is -0.117. The highest BCUT2D eigenvalue weighted by Crippen LogP contribution is 2.42. The smallest absolute Gasteiger partial charge is 0.269 e. The van der Waals surface area contributed by atoms with Crippen LogP contribution in [0.4, 0.5) is 11.4 Å². The van der Waals surface area contributed by atoms with Crippen LogP contribution in [0.3, 0.4) is 0 Å². The molecule has 0 spiro atoms. The number of hydrogen-bond acceptors (Lipinski definition) is 4. The summed E-state index contributed by atoms with van der Waals surface area (Å²) in [5, 5.41) is 12.8. The third-order valence-electron chi connectivity index (χ3n) is 4.98. The van der Waals surface area contributed by atoms with Crippen molar-refractivity contribution in [2.24, 2.45) is 0 Å². The van der Waals surface area contributed by atoms with Gasteiger partial charge in [-0.15, -0.1) is 0 Å². The number of amides is 2. The maximum Gasteiger partial charge on any atom is 0.269 e. The molecule has 1 heterocycles. The molecule has 5 nitrogen and oxygen atoms in total. The van der Waals surface area contributed by atoms with Gasteiger partial charge in [-0.3, -0.25) is 14.5 Å². The van der Waals surface area contributed by atoms with Gasteiger partial charge in [0.15, 0.2) is 0 Å². The van der Waals surface area contributed by atoms with Crippen molar-refractivity contribution in [3.63, 3.8) is 0 Å². The van der Waals surface area contributed by atoms with Gasteiger partial charge in [0.05, 0.1) is 16.0 Å². The number of halogens is 2. The van der Waals surface area contributed by atoms with E-state index in [4.69, 9.17) is 11.6 Å². The molecule has 1 saturated heterocycles. The van der Waals surface area contributed by atoms with Gasteiger partial charge in [-0.2, -0.15) is 5.26 Å². The second kappa shape index (κ2) is 10.3. The molecule has 0 bridgehead atoms. The molecule has 1 atom stereocenters. The van der Waals surface area contributed by atoms with Gasteiger partial charge >= 0.3 is 0 Å². The molecule has 0 aliphatic carbocycles. The van der Waals surface area contributed by atoms with Crippen molar-refractivity contribution in [2.75, 3.05) is 10.2 Å². The first-order valence-corrected chi connectivity index (χ1v) is 12.0. The molecule has 0 saturated carbocycles. The Labute approximate surface area is 209 Å². The number of nitrogens with one attached hydrogen (secondary N) is 1. The van der Waals surface area contributed by atoms with Gasteiger partial charge in [0.1, 0.15) is 16.7 Å². The van der Waals surface area contributed by atoms with Crippen LogP contribution in [0.2, 0.25) is 5.02 Å². The number of thioether (sulfide) groups is 1. The fraction of sp³-hybridized carbons (Fsp3) is 0.0800. The summed E-state index contributed by atoms with van der Waals surface area (Å²) in [7, 11) is 0. The number of anilines is 2. The molecule has 3 aromatic rings. The predicted octanol–water partition coefficient (Wildman–Crippen LogP) is 6.17. The third-order valence-corrected chi connectivity index (χ3v) is 7.10. The van der Waals surface area contributed by atoms with Crippen LogP contribution in [0.5, 0.6) is 0 Å².